The number of anilines is 2. The van der Waals surface area contributed by atoms with Gasteiger partial charge in [-0.3, -0.25) is 4.79 Å². The van der Waals surface area contributed by atoms with Crippen LogP contribution in [0.5, 0.6) is 0 Å². The zero-order valence-electron chi connectivity index (χ0n) is 14.8. The maximum Gasteiger partial charge on any atom is 0.255 e. The average molecular weight is 361 g/mol. The van der Waals surface area contributed by atoms with Crippen molar-refractivity contribution < 1.29 is 13.2 Å². The molecule has 0 radical (unpaired) electrons. The van der Waals surface area contributed by atoms with Crippen molar-refractivity contribution in [1.29, 1.82) is 0 Å². The second-order valence-electron chi connectivity index (χ2n) is 5.85. The first kappa shape index (κ1) is 19.0. The highest BCUT2D eigenvalue weighted by Crippen LogP contribution is 2.27. The van der Waals surface area contributed by atoms with Gasteiger partial charge in [0.2, 0.25) is 10.0 Å². The standard InChI is InChI=1S/C18H23N3O3S/c1-5-19-16-10-9-15(25(23,24)21(3)4)12-17(16)20-18(22)14-8-6-7-13(2)11-14/h6-12,19H,5H2,1-4H3,(H,20,22). The number of hydrogen-bond donors (Lipinski definition) is 2. The number of hydrogen-bond acceptors (Lipinski definition) is 4. The molecule has 0 unspecified atom stereocenters. The van der Waals surface area contributed by atoms with E-state index in [4.69, 9.17) is 0 Å². The second-order valence-corrected chi connectivity index (χ2v) is 8.00. The highest BCUT2D eigenvalue weighted by molar-refractivity contribution is 7.89. The first-order valence-electron chi connectivity index (χ1n) is 7.94. The van der Waals surface area contributed by atoms with Crippen LogP contribution in [0.2, 0.25) is 0 Å². The number of nitrogens with zero attached hydrogens (tertiary/aromatic N) is 1. The van der Waals surface area contributed by atoms with Gasteiger partial charge in [0.25, 0.3) is 5.91 Å². The van der Waals surface area contributed by atoms with Gasteiger partial charge in [-0.1, -0.05) is 17.7 Å². The molecule has 0 heterocycles. The Morgan fingerprint density at radius 1 is 1.08 bits per heavy atom. The van der Waals surface area contributed by atoms with Crippen LogP contribution in [0.1, 0.15) is 22.8 Å². The Hall–Kier alpha value is -2.38. The molecule has 2 aromatic rings. The number of carbonyl (C=O) groups excluding carboxylic acids is 1. The van der Waals surface area contributed by atoms with Crippen molar-refractivity contribution in [1.82, 2.24) is 4.31 Å². The first-order chi connectivity index (χ1) is 11.8. The maximum absolute atomic E-state index is 12.5. The van der Waals surface area contributed by atoms with E-state index in [1.807, 2.05) is 26.0 Å². The molecule has 0 bridgehead atoms. The van der Waals surface area contributed by atoms with Crippen molar-refractivity contribution in [3.05, 3.63) is 53.6 Å². The Morgan fingerprint density at radius 2 is 1.80 bits per heavy atom. The molecule has 0 aliphatic carbocycles. The Morgan fingerprint density at radius 3 is 2.40 bits per heavy atom. The summed E-state index contributed by atoms with van der Waals surface area (Å²) < 4.78 is 25.8. The number of sulfonamides is 1. The molecule has 1 amide bonds. The molecule has 0 saturated heterocycles. The summed E-state index contributed by atoms with van der Waals surface area (Å²) >= 11 is 0. The molecule has 0 spiro atoms. The van der Waals surface area contributed by atoms with Gasteiger partial charge in [0.05, 0.1) is 16.3 Å². The summed E-state index contributed by atoms with van der Waals surface area (Å²) in [4.78, 5) is 12.6. The summed E-state index contributed by atoms with van der Waals surface area (Å²) in [6.45, 7) is 4.48. The van der Waals surface area contributed by atoms with E-state index in [2.05, 4.69) is 10.6 Å². The largest absolute Gasteiger partial charge is 0.384 e. The molecule has 7 heteroatoms. The Kier molecular flexibility index (Phi) is 5.81. The molecule has 0 atom stereocenters. The van der Waals surface area contributed by atoms with E-state index in [9.17, 15) is 13.2 Å². The summed E-state index contributed by atoms with van der Waals surface area (Å²) in [5.74, 6) is -0.290. The molecule has 0 aromatic heterocycles. The van der Waals surface area contributed by atoms with Crippen LogP contribution in [0.3, 0.4) is 0 Å². The average Bonchev–Trinajstić information content (AvgIpc) is 2.56. The molecule has 0 aliphatic heterocycles. The normalized spacial score (nSPS) is 11.4. The first-order valence-corrected chi connectivity index (χ1v) is 9.38. The van der Waals surface area contributed by atoms with E-state index in [0.29, 0.717) is 23.5 Å². The van der Waals surface area contributed by atoms with Crippen molar-refractivity contribution >= 4 is 27.3 Å². The highest BCUT2D eigenvalue weighted by atomic mass is 32.2. The zero-order chi connectivity index (χ0) is 18.6. The zero-order valence-corrected chi connectivity index (χ0v) is 15.6. The van der Waals surface area contributed by atoms with Gasteiger partial charge in [-0.05, 0) is 44.2 Å². The lowest BCUT2D eigenvalue weighted by molar-refractivity contribution is 0.102. The minimum absolute atomic E-state index is 0.124. The molecule has 2 N–H and O–H groups in total. The summed E-state index contributed by atoms with van der Waals surface area (Å²) in [6, 6.07) is 11.9. The minimum Gasteiger partial charge on any atom is -0.384 e. The SMILES string of the molecule is CCNc1ccc(S(=O)(=O)N(C)C)cc1NC(=O)c1cccc(C)c1. The molecule has 0 saturated carbocycles. The van der Waals surface area contributed by atoms with E-state index < -0.39 is 10.0 Å². The van der Waals surface area contributed by atoms with Gasteiger partial charge in [0, 0.05) is 26.2 Å². The maximum atomic E-state index is 12.5. The van der Waals surface area contributed by atoms with Gasteiger partial charge in [0.1, 0.15) is 0 Å². The van der Waals surface area contributed by atoms with E-state index >= 15 is 0 Å². The number of amides is 1. The fraction of sp³-hybridized carbons (Fsp3) is 0.278. The number of aryl methyl sites for hydroxylation is 1. The lowest BCUT2D eigenvalue weighted by Crippen LogP contribution is -2.22. The van der Waals surface area contributed by atoms with Crippen LogP contribution in [0.4, 0.5) is 11.4 Å². The molecule has 0 aliphatic rings. The van der Waals surface area contributed by atoms with E-state index in [-0.39, 0.29) is 10.8 Å². The highest BCUT2D eigenvalue weighted by Gasteiger charge is 2.19. The van der Waals surface area contributed by atoms with Crippen molar-refractivity contribution in [2.24, 2.45) is 0 Å². The van der Waals surface area contributed by atoms with Crippen LogP contribution < -0.4 is 10.6 Å². The van der Waals surface area contributed by atoms with Crippen molar-refractivity contribution in [2.75, 3.05) is 31.3 Å². The molecule has 2 rings (SSSR count). The fourth-order valence-corrected chi connectivity index (χ4v) is 3.25. The third-order valence-electron chi connectivity index (χ3n) is 3.67. The Bertz CT molecular complexity index is 877. The van der Waals surface area contributed by atoms with Gasteiger partial charge in [-0.15, -0.1) is 0 Å². The van der Waals surface area contributed by atoms with Crippen LogP contribution in [0.15, 0.2) is 47.4 Å². The lowest BCUT2D eigenvalue weighted by Gasteiger charge is -2.16. The van der Waals surface area contributed by atoms with Crippen molar-refractivity contribution in [3.8, 4) is 0 Å². The second kappa shape index (κ2) is 7.67. The summed E-state index contributed by atoms with van der Waals surface area (Å²) in [5.41, 5.74) is 2.59. The summed E-state index contributed by atoms with van der Waals surface area (Å²) in [6.07, 6.45) is 0. The monoisotopic (exact) mass is 361 g/mol. The molecule has 25 heavy (non-hydrogen) atoms. The predicted molar refractivity (Wildman–Crippen MR) is 101 cm³/mol. The smallest absolute Gasteiger partial charge is 0.255 e. The number of benzene rings is 2. The number of rotatable bonds is 6. The fourth-order valence-electron chi connectivity index (χ4n) is 2.32. The van der Waals surface area contributed by atoms with E-state index in [1.54, 1.807) is 18.2 Å². The van der Waals surface area contributed by atoms with Crippen LogP contribution in [0, 0.1) is 6.92 Å². The van der Waals surface area contributed by atoms with Crippen LogP contribution in [-0.4, -0.2) is 39.3 Å². The molecular formula is C18H23N3O3S. The number of nitrogens with one attached hydrogen (secondary N) is 2. The third kappa shape index (κ3) is 4.37. The summed E-state index contributed by atoms with van der Waals surface area (Å²) in [5, 5.41) is 5.93. The van der Waals surface area contributed by atoms with Crippen molar-refractivity contribution in [3.63, 3.8) is 0 Å². The Labute approximate surface area is 148 Å². The lowest BCUT2D eigenvalue weighted by atomic mass is 10.1. The van der Waals surface area contributed by atoms with Crippen molar-refractivity contribution in [2.45, 2.75) is 18.7 Å². The molecule has 6 nitrogen and oxygen atoms in total. The minimum atomic E-state index is -3.58. The molecule has 0 fully saturated rings. The van der Waals surface area contributed by atoms with E-state index in [1.165, 1.54) is 26.2 Å². The van der Waals surface area contributed by atoms with Gasteiger partial charge >= 0.3 is 0 Å². The molecule has 2 aromatic carbocycles. The summed E-state index contributed by atoms with van der Waals surface area (Å²) in [7, 11) is -0.642. The molecule has 134 valence electrons. The topological polar surface area (TPSA) is 78.5 Å². The van der Waals surface area contributed by atoms with Crippen LogP contribution in [0.25, 0.3) is 0 Å². The van der Waals surface area contributed by atoms with Gasteiger partial charge < -0.3 is 10.6 Å². The predicted octanol–water partition coefficient (Wildman–Crippen LogP) is 2.93. The van der Waals surface area contributed by atoms with Gasteiger partial charge in [-0.2, -0.15) is 0 Å². The molecular weight excluding hydrogens is 338 g/mol. The van der Waals surface area contributed by atoms with Gasteiger partial charge in [-0.25, -0.2) is 12.7 Å². The van der Waals surface area contributed by atoms with Crippen LogP contribution in [-0.2, 0) is 10.0 Å². The van der Waals surface area contributed by atoms with Crippen LogP contribution >= 0.6 is 0 Å². The van der Waals surface area contributed by atoms with Gasteiger partial charge in [0.15, 0.2) is 0 Å². The van der Waals surface area contributed by atoms with E-state index in [0.717, 1.165) is 9.87 Å². The Balaban J connectivity index is 2.41. The quantitative estimate of drug-likeness (QED) is 0.829. The number of carbonyl (C=O) groups is 1. The third-order valence-corrected chi connectivity index (χ3v) is 5.48.